The number of para-hydroxylation sites is 2. The van der Waals surface area contributed by atoms with Crippen LogP contribution in [0.15, 0.2) is 89.0 Å². The maximum absolute atomic E-state index is 12.4. The van der Waals surface area contributed by atoms with Crippen LogP contribution in [0.4, 0.5) is 11.9 Å². The summed E-state index contributed by atoms with van der Waals surface area (Å²) in [6.45, 7) is 6.57. The molecule has 0 aliphatic rings. The lowest BCUT2D eigenvalue weighted by Crippen LogP contribution is -2.25. The molecule has 2 N–H and O–H groups in total. The third-order valence-electron chi connectivity index (χ3n) is 7.02. The first kappa shape index (κ1) is 36.2. The second-order valence-electron chi connectivity index (χ2n) is 10.3. The number of benzene rings is 3. The van der Waals surface area contributed by atoms with E-state index in [1.54, 1.807) is 19.2 Å². The zero-order chi connectivity index (χ0) is 34.3. The van der Waals surface area contributed by atoms with Crippen LogP contribution in [0.1, 0.15) is 30.5 Å². The zero-order valence-electron chi connectivity index (χ0n) is 27.0. The van der Waals surface area contributed by atoms with Gasteiger partial charge < -0.3 is 20.1 Å². The van der Waals surface area contributed by atoms with Crippen molar-refractivity contribution in [2.45, 2.75) is 33.3 Å². The largest absolute Gasteiger partial charge is 0.383 e. The molecule has 0 atom stereocenters. The van der Waals surface area contributed by atoms with Crippen LogP contribution in [-0.4, -0.2) is 62.5 Å². The molecule has 12 nitrogen and oxygen atoms in total. The fourth-order valence-electron chi connectivity index (χ4n) is 4.64. The fraction of sp³-hybridized carbons (Fsp3) is 0.294. The van der Waals surface area contributed by atoms with Crippen LogP contribution < -0.4 is 22.0 Å². The molecule has 0 amide bonds. The van der Waals surface area contributed by atoms with Crippen LogP contribution >= 0.6 is 23.2 Å². The Kier molecular flexibility index (Phi) is 14.1. The standard InChI is InChI=1S/C20H21ClN4O2.C14H17ClN4O2/c1-2-16-9-6-10-17(21)18(16)25-14-23-19(24-20(25)26)22-11-12-27-13-15-7-4-3-5-8-15;1-3-10-5-4-6-11(15)12(10)19-9-17-13(18-14(19)20)16-7-8-21-2/h3-10,14H,2,11-13H2,1H3,(H,22,24,26);4-6,9H,3,7-8H2,1-2H3,(H,16,18,20). The smallest absolute Gasteiger partial charge is 0.356 e. The predicted molar refractivity (Wildman–Crippen MR) is 189 cm³/mol. The highest BCUT2D eigenvalue weighted by Gasteiger charge is 2.13. The summed E-state index contributed by atoms with van der Waals surface area (Å²) in [5.74, 6) is 0.545. The molecule has 0 saturated heterocycles. The summed E-state index contributed by atoms with van der Waals surface area (Å²) in [5.41, 5.74) is 3.45. The number of hydrogen-bond acceptors (Lipinski definition) is 10. The van der Waals surface area contributed by atoms with E-state index >= 15 is 0 Å². The first-order valence-electron chi connectivity index (χ1n) is 15.4. The summed E-state index contributed by atoms with van der Waals surface area (Å²) in [7, 11) is 1.60. The Morgan fingerprint density at radius 2 is 1.19 bits per heavy atom. The highest BCUT2D eigenvalue weighted by Crippen LogP contribution is 2.24. The Hall–Kier alpha value is -4.62. The van der Waals surface area contributed by atoms with Crippen LogP contribution in [0.25, 0.3) is 11.4 Å². The molecule has 3 aromatic carbocycles. The molecule has 252 valence electrons. The number of nitrogens with zero attached hydrogens (tertiary/aromatic N) is 6. The quantitative estimate of drug-likeness (QED) is 0.146. The molecule has 2 aromatic heterocycles. The molecule has 48 heavy (non-hydrogen) atoms. The van der Waals surface area contributed by atoms with E-state index in [4.69, 9.17) is 32.7 Å². The van der Waals surface area contributed by atoms with Crippen molar-refractivity contribution in [2.24, 2.45) is 0 Å². The van der Waals surface area contributed by atoms with Crippen LogP contribution in [0.2, 0.25) is 10.0 Å². The van der Waals surface area contributed by atoms with Gasteiger partial charge in [0.25, 0.3) is 0 Å². The molecule has 5 aromatic rings. The first-order valence-corrected chi connectivity index (χ1v) is 16.2. The number of aryl methyl sites for hydroxylation is 2. The SMILES string of the molecule is CCc1cccc(Cl)c1-n1cnc(NCCOC)nc1=O.CCc1cccc(Cl)c1-n1cnc(NCCOCc2ccccc2)nc1=O. The Morgan fingerprint density at radius 3 is 1.65 bits per heavy atom. The van der Waals surface area contributed by atoms with Gasteiger partial charge in [0.15, 0.2) is 0 Å². The number of aromatic nitrogens is 6. The van der Waals surface area contributed by atoms with E-state index in [9.17, 15) is 9.59 Å². The molecule has 0 fully saturated rings. The van der Waals surface area contributed by atoms with Gasteiger partial charge in [-0.25, -0.2) is 28.7 Å². The Bertz CT molecular complexity index is 1890. The van der Waals surface area contributed by atoms with E-state index in [0.717, 1.165) is 29.5 Å². The van der Waals surface area contributed by atoms with Crippen molar-refractivity contribution in [1.29, 1.82) is 0 Å². The average molecular weight is 694 g/mol. The Morgan fingerprint density at radius 1 is 0.688 bits per heavy atom. The van der Waals surface area contributed by atoms with Gasteiger partial charge in [-0.15, -0.1) is 0 Å². The van der Waals surface area contributed by atoms with Gasteiger partial charge >= 0.3 is 11.4 Å². The monoisotopic (exact) mass is 692 g/mol. The molecule has 0 saturated carbocycles. The minimum Gasteiger partial charge on any atom is -0.383 e. The van der Waals surface area contributed by atoms with Crippen molar-refractivity contribution in [3.05, 3.63) is 127 Å². The van der Waals surface area contributed by atoms with Gasteiger partial charge in [-0.1, -0.05) is 91.6 Å². The summed E-state index contributed by atoms with van der Waals surface area (Å²) in [6.07, 6.45) is 4.39. The van der Waals surface area contributed by atoms with E-state index in [2.05, 4.69) is 30.6 Å². The number of rotatable bonds is 14. The van der Waals surface area contributed by atoms with Crippen molar-refractivity contribution in [1.82, 2.24) is 29.1 Å². The second kappa shape index (κ2) is 18.6. The Labute approximate surface area is 288 Å². The lowest BCUT2D eigenvalue weighted by molar-refractivity contribution is 0.130. The minimum atomic E-state index is -0.430. The molecule has 0 aliphatic heterocycles. The summed E-state index contributed by atoms with van der Waals surface area (Å²) < 4.78 is 13.2. The maximum Gasteiger partial charge on any atom is 0.356 e. The predicted octanol–water partition coefficient (Wildman–Crippen LogP) is 5.37. The fourth-order valence-corrected chi connectivity index (χ4v) is 5.21. The molecule has 0 bridgehead atoms. The number of ether oxygens (including phenoxy) is 2. The number of methoxy groups -OCH3 is 1. The van der Waals surface area contributed by atoms with Gasteiger partial charge in [0.1, 0.15) is 12.7 Å². The third kappa shape index (κ3) is 9.94. The molecule has 0 spiro atoms. The highest BCUT2D eigenvalue weighted by molar-refractivity contribution is 6.32. The van der Waals surface area contributed by atoms with Crippen molar-refractivity contribution in [3.8, 4) is 11.4 Å². The zero-order valence-corrected chi connectivity index (χ0v) is 28.5. The van der Waals surface area contributed by atoms with E-state index < -0.39 is 11.4 Å². The molecule has 2 heterocycles. The second-order valence-corrected chi connectivity index (χ2v) is 11.1. The summed E-state index contributed by atoms with van der Waals surface area (Å²) in [4.78, 5) is 40.8. The van der Waals surface area contributed by atoms with Gasteiger partial charge in [-0.05, 0) is 41.7 Å². The highest BCUT2D eigenvalue weighted by atomic mass is 35.5. The van der Waals surface area contributed by atoms with Crippen molar-refractivity contribution < 1.29 is 9.47 Å². The molecular formula is C34H38Cl2N8O4. The summed E-state index contributed by atoms with van der Waals surface area (Å²) in [6, 6.07) is 21.0. The summed E-state index contributed by atoms with van der Waals surface area (Å²) in [5, 5.41) is 6.91. The first-order chi connectivity index (χ1) is 23.4. The molecule has 5 rings (SSSR count). The van der Waals surface area contributed by atoms with Crippen LogP contribution in [0, 0.1) is 0 Å². The van der Waals surface area contributed by atoms with Crippen molar-refractivity contribution in [2.75, 3.05) is 44.0 Å². The maximum atomic E-state index is 12.4. The Balaban J connectivity index is 0.000000224. The topological polar surface area (TPSA) is 138 Å². The lowest BCUT2D eigenvalue weighted by Gasteiger charge is -2.12. The van der Waals surface area contributed by atoms with E-state index in [1.807, 2.05) is 68.4 Å². The third-order valence-corrected chi connectivity index (χ3v) is 7.63. The minimum absolute atomic E-state index is 0.268. The molecule has 0 radical (unpaired) electrons. The van der Waals surface area contributed by atoms with Gasteiger partial charge in [0, 0.05) is 20.2 Å². The number of halogens is 2. The normalized spacial score (nSPS) is 10.7. The van der Waals surface area contributed by atoms with E-state index in [1.165, 1.54) is 21.8 Å². The van der Waals surface area contributed by atoms with E-state index in [0.29, 0.717) is 54.3 Å². The van der Waals surface area contributed by atoms with Crippen molar-refractivity contribution in [3.63, 3.8) is 0 Å². The molecule has 0 aliphatic carbocycles. The average Bonchev–Trinajstić information content (AvgIpc) is 3.09. The van der Waals surface area contributed by atoms with Crippen LogP contribution in [0.5, 0.6) is 0 Å². The number of anilines is 2. The number of nitrogens with one attached hydrogen (secondary N) is 2. The molecular weight excluding hydrogens is 655 g/mol. The van der Waals surface area contributed by atoms with Gasteiger partial charge in [0.05, 0.1) is 41.2 Å². The van der Waals surface area contributed by atoms with E-state index in [-0.39, 0.29) is 11.9 Å². The summed E-state index contributed by atoms with van der Waals surface area (Å²) >= 11 is 12.5. The van der Waals surface area contributed by atoms with Crippen molar-refractivity contribution >= 4 is 35.1 Å². The van der Waals surface area contributed by atoms with Gasteiger partial charge in [-0.2, -0.15) is 9.97 Å². The molecule has 14 heteroatoms. The number of hydrogen-bond donors (Lipinski definition) is 2. The van der Waals surface area contributed by atoms with Gasteiger partial charge in [-0.3, -0.25) is 0 Å². The lowest BCUT2D eigenvalue weighted by atomic mass is 10.1. The molecule has 0 unspecified atom stereocenters. The van der Waals surface area contributed by atoms with Gasteiger partial charge in [0.2, 0.25) is 11.9 Å². The van der Waals surface area contributed by atoms with Crippen LogP contribution in [0.3, 0.4) is 0 Å². The van der Waals surface area contributed by atoms with Crippen LogP contribution in [-0.2, 0) is 28.9 Å².